The van der Waals surface area contributed by atoms with E-state index in [0.29, 0.717) is 32.2 Å². The Morgan fingerprint density at radius 2 is 1.85 bits per heavy atom. The number of nitrogens with zero attached hydrogens (tertiary/aromatic N) is 2. The molecule has 53 heavy (non-hydrogen) atoms. The molecule has 2 aliphatic carbocycles. The van der Waals surface area contributed by atoms with E-state index < -0.39 is 11.6 Å². The largest absolute Gasteiger partial charge is 0.496 e. The van der Waals surface area contributed by atoms with Crippen LogP contribution in [-0.4, -0.2) is 96.6 Å². The van der Waals surface area contributed by atoms with Crippen molar-refractivity contribution in [2.24, 2.45) is 23.7 Å². The fourth-order valence-corrected chi connectivity index (χ4v) is 12.0. The van der Waals surface area contributed by atoms with Gasteiger partial charge < -0.3 is 29.3 Å². The molecule has 4 unspecified atom stereocenters. The van der Waals surface area contributed by atoms with E-state index in [0.717, 1.165) is 64.1 Å². The second-order valence-electron chi connectivity index (χ2n) is 16.4. The Balaban J connectivity index is 1.27. The predicted molar refractivity (Wildman–Crippen MR) is 203 cm³/mol. The number of aliphatic hydroxyl groups is 1. The van der Waals surface area contributed by atoms with Gasteiger partial charge in [0.15, 0.2) is 0 Å². The normalized spacial score (nSPS) is 34.2. The first-order valence-electron chi connectivity index (χ1n) is 19.5. The number of carbonyl (C=O) groups is 2. The van der Waals surface area contributed by atoms with Gasteiger partial charge in [0.1, 0.15) is 17.4 Å². The number of rotatable bonds is 5. The van der Waals surface area contributed by atoms with Gasteiger partial charge in [0.25, 0.3) is 0 Å². The summed E-state index contributed by atoms with van der Waals surface area (Å²) in [5.41, 5.74) is 7.87. The number of likely N-dealkylation sites (N-methyl/N-ethyl adjacent to an activating group) is 1. The van der Waals surface area contributed by atoms with Gasteiger partial charge in [-0.1, -0.05) is 43.2 Å². The third kappa shape index (κ3) is 4.80. The SMILES string of the molecule is C/C=C1/CN(C)[C@H]2Cc3c([nH]c4ccccc34)[C@H](c3cc4[nH]c5c(c4cc3OC)CCN3C(O)[C@H]4C[C@H](CC)C3[C@@]5(C(=O)OC)C4)C[C@H]1C2C(=O)OC. The Bertz CT molecular complexity index is 2150. The van der Waals surface area contributed by atoms with Crippen LogP contribution in [0.5, 0.6) is 5.75 Å². The first-order valence-corrected chi connectivity index (χ1v) is 19.5. The number of allylic oxidation sites excluding steroid dienone is 1. The van der Waals surface area contributed by atoms with Crippen molar-refractivity contribution in [1.29, 1.82) is 0 Å². The highest BCUT2D eigenvalue weighted by Crippen LogP contribution is 2.58. The standard InChI is InChI=1S/C43H52N4O6/c1-7-22-15-24-20-43(42(50)53-6)38-26(13-14-47(39(22)43)40(24)48)28-19-35(51-4)29(17-33(28)45-38)30-16-27-23(8-2)21-46(3)34(36(27)41(49)52-5)18-31-25-11-9-10-12-32(25)44-37(30)31/h8-12,17,19,22,24,27,30,34,36,39-40,44-45,48H,7,13-16,18,20-21H2,1-6H3/b23-8-/t22-,24-,27+,30-,34-,36?,39?,40?,43+/m0/s1. The summed E-state index contributed by atoms with van der Waals surface area (Å²) in [6.07, 6.45) is 6.15. The number of esters is 2. The van der Waals surface area contributed by atoms with Gasteiger partial charge in [-0.15, -0.1) is 0 Å². The first kappa shape index (κ1) is 34.6. The van der Waals surface area contributed by atoms with Gasteiger partial charge in [-0.25, -0.2) is 0 Å². The van der Waals surface area contributed by atoms with E-state index in [9.17, 15) is 14.7 Å². The molecule has 6 aliphatic rings. The van der Waals surface area contributed by atoms with E-state index in [4.69, 9.17) is 14.2 Å². The van der Waals surface area contributed by atoms with Crippen molar-refractivity contribution in [2.45, 2.75) is 82.0 Å². The Labute approximate surface area is 310 Å². The van der Waals surface area contributed by atoms with Crippen LogP contribution in [0.3, 0.4) is 0 Å². The molecular formula is C43H52N4O6. The van der Waals surface area contributed by atoms with E-state index >= 15 is 0 Å². The number of H-pyrrole nitrogens is 2. The lowest BCUT2D eigenvalue weighted by Crippen LogP contribution is -2.70. The zero-order chi connectivity index (χ0) is 36.9. The van der Waals surface area contributed by atoms with Crippen molar-refractivity contribution in [1.82, 2.24) is 19.8 Å². The highest BCUT2D eigenvalue weighted by atomic mass is 16.5. The number of carbonyl (C=O) groups excluding carboxylic acids is 2. The van der Waals surface area contributed by atoms with Crippen LogP contribution in [0.4, 0.5) is 0 Å². The number of para-hydroxylation sites is 1. The maximum atomic E-state index is 14.2. The monoisotopic (exact) mass is 720 g/mol. The van der Waals surface area contributed by atoms with Crippen LogP contribution < -0.4 is 4.74 Å². The molecule has 10 heteroatoms. The molecule has 2 aromatic carbocycles. The van der Waals surface area contributed by atoms with Crippen molar-refractivity contribution in [3.63, 3.8) is 0 Å². The van der Waals surface area contributed by atoms with E-state index in [-0.39, 0.29) is 53.6 Å². The van der Waals surface area contributed by atoms with Crippen molar-refractivity contribution in [3.05, 3.63) is 76.1 Å². The molecule has 280 valence electrons. The summed E-state index contributed by atoms with van der Waals surface area (Å²) in [4.78, 5) is 40.3. The van der Waals surface area contributed by atoms with Crippen LogP contribution in [0.1, 0.15) is 73.5 Å². The molecule has 10 atom stereocenters. The topological polar surface area (TPSA) is 120 Å². The Hall–Kier alpha value is -4.12. The molecule has 0 amide bonds. The molecular weight excluding hydrogens is 668 g/mol. The average Bonchev–Trinajstić information content (AvgIpc) is 3.69. The number of methoxy groups -OCH3 is 3. The maximum Gasteiger partial charge on any atom is 0.319 e. The zero-order valence-electron chi connectivity index (χ0n) is 31.7. The second kappa shape index (κ2) is 12.7. The van der Waals surface area contributed by atoms with Gasteiger partial charge >= 0.3 is 11.9 Å². The summed E-state index contributed by atoms with van der Waals surface area (Å²) < 4.78 is 17.5. The molecule has 4 fully saturated rings. The van der Waals surface area contributed by atoms with E-state index in [1.165, 1.54) is 30.7 Å². The molecule has 3 N–H and O–H groups in total. The van der Waals surface area contributed by atoms with Crippen molar-refractivity contribution in [2.75, 3.05) is 41.5 Å². The van der Waals surface area contributed by atoms with Crippen molar-refractivity contribution in [3.8, 4) is 5.75 Å². The minimum atomic E-state index is -0.905. The number of piperidine rings is 3. The quantitative estimate of drug-likeness (QED) is 0.175. The fourth-order valence-electron chi connectivity index (χ4n) is 12.0. The van der Waals surface area contributed by atoms with Crippen molar-refractivity contribution >= 4 is 33.7 Å². The molecule has 10 rings (SSSR count). The number of hydrogen-bond acceptors (Lipinski definition) is 8. The third-order valence-corrected chi connectivity index (χ3v) is 14.3. The number of nitrogens with one attached hydrogen (secondary N) is 2. The van der Waals surface area contributed by atoms with Gasteiger partial charge in [0.2, 0.25) is 0 Å². The summed E-state index contributed by atoms with van der Waals surface area (Å²) in [7, 11) is 6.87. The Morgan fingerprint density at radius 3 is 2.58 bits per heavy atom. The lowest BCUT2D eigenvalue weighted by molar-refractivity contribution is -0.196. The molecule has 1 saturated carbocycles. The average molecular weight is 721 g/mol. The van der Waals surface area contributed by atoms with Crippen LogP contribution in [0.25, 0.3) is 21.8 Å². The minimum Gasteiger partial charge on any atom is -0.496 e. The minimum absolute atomic E-state index is 0.0103. The maximum absolute atomic E-state index is 14.2. The van der Waals surface area contributed by atoms with Crippen LogP contribution in [-0.2, 0) is 37.3 Å². The van der Waals surface area contributed by atoms with Crippen LogP contribution in [0.15, 0.2) is 48.0 Å². The fraction of sp³-hybridized carbons (Fsp3) is 0.535. The number of aromatic nitrogens is 2. The zero-order valence-corrected chi connectivity index (χ0v) is 31.7. The lowest BCUT2D eigenvalue weighted by atomic mass is 9.56. The van der Waals surface area contributed by atoms with Gasteiger partial charge in [-0.05, 0) is 87.2 Å². The van der Waals surface area contributed by atoms with Crippen LogP contribution in [0, 0.1) is 23.7 Å². The van der Waals surface area contributed by atoms with Crippen molar-refractivity contribution < 1.29 is 28.9 Å². The van der Waals surface area contributed by atoms with Gasteiger partial charge in [-0.2, -0.15) is 0 Å². The number of benzene rings is 2. The highest BCUT2D eigenvalue weighted by molar-refractivity contribution is 5.93. The summed E-state index contributed by atoms with van der Waals surface area (Å²) in [6, 6.07) is 12.7. The Morgan fingerprint density at radius 1 is 1.04 bits per heavy atom. The van der Waals surface area contributed by atoms with E-state index in [1.807, 2.05) is 0 Å². The molecule has 6 heterocycles. The summed E-state index contributed by atoms with van der Waals surface area (Å²) >= 11 is 0. The first-order chi connectivity index (χ1) is 25.7. The third-order valence-electron chi connectivity index (χ3n) is 14.3. The van der Waals surface area contributed by atoms with Gasteiger partial charge in [-0.3, -0.25) is 19.4 Å². The lowest BCUT2D eigenvalue weighted by Gasteiger charge is -2.59. The summed E-state index contributed by atoms with van der Waals surface area (Å²) in [5.74, 6) is 0.189. The highest BCUT2D eigenvalue weighted by Gasteiger charge is 2.65. The smallest absolute Gasteiger partial charge is 0.319 e. The van der Waals surface area contributed by atoms with Crippen LogP contribution >= 0.6 is 0 Å². The molecule has 10 nitrogen and oxygen atoms in total. The summed E-state index contributed by atoms with van der Waals surface area (Å²) in [5, 5.41) is 13.7. The second-order valence-corrected chi connectivity index (χ2v) is 16.4. The molecule has 3 saturated heterocycles. The predicted octanol–water partition coefficient (Wildman–Crippen LogP) is 5.81. The molecule has 4 aromatic rings. The van der Waals surface area contributed by atoms with Gasteiger partial charge in [0, 0.05) is 75.8 Å². The molecule has 4 aliphatic heterocycles. The molecule has 2 aromatic heterocycles. The number of hydrogen-bond donors (Lipinski definition) is 3. The van der Waals surface area contributed by atoms with E-state index in [2.05, 4.69) is 83.1 Å². The number of aliphatic hydroxyl groups excluding tert-OH is 1. The summed E-state index contributed by atoms with van der Waals surface area (Å²) in [6.45, 7) is 5.74. The number of ether oxygens (including phenoxy) is 3. The number of likely N-dealkylation sites (tertiary alicyclic amines) is 1. The van der Waals surface area contributed by atoms with Crippen LogP contribution in [0.2, 0.25) is 0 Å². The van der Waals surface area contributed by atoms with E-state index in [1.54, 1.807) is 7.11 Å². The molecule has 0 radical (unpaired) electrons. The number of fused-ring (bicyclic) bond motifs is 9. The molecule has 6 bridgehead atoms. The Kier molecular flexibility index (Phi) is 8.33. The van der Waals surface area contributed by atoms with Gasteiger partial charge in [0.05, 0.1) is 27.2 Å². The number of aromatic amines is 2. The molecule has 0 spiro atoms.